The average Bonchev–Trinajstić information content (AvgIpc) is 2.87. The number of nitrogens with zero attached hydrogens (tertiary/aromatic N) is 1. The Morgan fingerprint density at radius 1 is 1.12 bits per heavy atom. The van der Waals surface area contributed by atoms with E-state index in [1.54, 1.807) is 12.1 Å². The molecule has 1 N–H and O–H groups in total. The Kier molecular flexibility index (Phi) is 5.28. The lowest BCUT2D eigenvalue weighted by Gasteiger charge is -2.27. The lowest BCUT2D eigenvalue weighted by Crippen LogP contribution is -2.31. The first kappa shape index (κ1) is 18.4. The van der Waals surface area contributed by atoms with E-state index < -0.39 is 17.7 Å². The van der Waals surface area contributed by atoms with E-state index in [-0.39, 0.29) is 23.7 Å². The molecule has 0 spiro atoms. The van der Waals surface area contributed by atoms with Gasteiger partial charge in [-0.15, -0.1) is 0 Å². The summed E-state index contributed by atoms with van der Waals surface area (Å²) in [5.74, 6) is -1.06. The third kappa shape index (κ3) is 3.44. The number of carbonyl (C=O) groups is 2. The van der Waals surface area contributed by atoms with Crippen molar-refractivity contribution in [1.82, 2.24) is 0 Å². The molecule has 3 rings (SSSR count). The predicted octanol–water partition coefficient (Wildman–Crippen LogP) is 4.96. The van der Waals surface area contributed by atoms with Crippen molar-refractivity contribution in [2.24, 2.45) is 5.92 Å². The maximum atomic E-state index is 12.8. The van der Waals surface area contributed by atoms with Gasteiger partial charge >= 0.3 is 0 Å². The summed E-state index contributed by atoms with van der Waals surface area (Å²) in [5, 5.41) is 10.5. The number of aliphatic hydroxyl groups excluding tert-OH is 1. The molecule has 4 nitrogen and oxygen atoms in total. The number of ketones is 1. The summed E-state index contributed by atoms with van der Waals surface area (Å²) in [4.78, 5) is 27.1. The van der Waals surface area contributed by atoms with Gasteiger partial charge in [-0.05, 0) is 35.7 Å². The van der Waals surface area contributed by atoms with E-state index >= 15 is 0 Å². The highest BCUT2D eigenvalue weighted by Gasteiger charge is 2.44. The topological polar surface area (TPSA) is 57.6 Å². The summed E-state index contributed by atoms with van der Waals surface area (Å²) >= 11 is 3.41. The first-order chi connectivity index (χ1) is 12.4. The predicted molar refractivity (Wildman–Crippen MR) is 105 cm³/mol. The van der Waals surface area contributed by atoms with Crippen LogP contribution in [-0.4, -0.2) is 16.8 Å². The second-order valence-electron chi connectivity index (χ2n) is 6.75. The second-order valence-corrected chi connectivity index (χ2v) is 7.66. The van der Waals surface area contributed by atoms with Gasteiger partial charge in [0.15, 0.2) is 11.5 Å². The Labute approximate surface area is 161 Å². The van der Waals surface area contributed by atoms with Crippen LogP contribution in [0.4, 0.5) is 5.69 Å². The zero-order chi connectivity index (χ0) is 18.8. The Bertz CT molecular complexity index is 857. The largest absolute Gasteiger partial charge is 0.503 e. The van der Waals surface area contributed by atoms with Crippen molar-refractivity contribution < 1.29 is 14.7 Å². The lowest BCUT2D eigenvalue weighted by atomic mass is 9.92. The van der Waals surface area contributed by atoms with Crippen LogP contribution in [0.5, 0.6) is 0 Å². The number of Topliss-reactive ketones (excluding diaryl/α,β-unsaturated/α-hetero) is 1. The van der Waals surface area contributed by atoms with Crippen LogP contribution in [0, 0.1) is 5.92 Å². The molecule has 5 heteroatoms. The molecule has 1 amide bonds. The smallest absolute Gasteiger partial charge is 0.294 e. The fourth-order valence-corrected chi connectivity index (χ4v) is 3.45. The standard InChI is InChI=1S/C21H20BrNO3/c1-13(2)12-17(24)18-19(14-8-10-15(22)11-9-14)23(21(26)20(18)25)16-6-4-3-5-7-16/h3-11,13,19,25H,12H2,1-2H3. The fraction of sp³-hybridized carbons (Fsp3) is 0.238. The van der Waals surface area contributed by atoms with Crippen LogP contribution in [-0.2, 0) is 9.59 Å². The van der Waals surface area contributed by atoms with Crippen molar-refractivity contribution in [2.45, 2.75) is 26.3 Å². The van der Waals surface area contributed by atoms with Crippen molar-refractivity contribution in [3.63, 3.8) is 0 Å². The Balaban J connectivity index is 2.13. The third-order valence-corrected chi connectivity index (χ3v) is 4.85. The van der Waals surface area contributed by atoms with Gasteiger partial charge in [-0.3, -0.25) is 14.5 Å². The van der Waals surface area contributed by atoms with Crippen LogP contribution in [0.1, 0.15) is 31.9 Å². The molecular formula is C21H20BrNO3. The van der Waals surface area contributed by atoms with Gasteiger partial charge in [-0.1, -0.05) is 60.1 Å². The highest BCUT2D eigenvalue weighted by Crippen LogP contribution is 2.41. The number of rotatable bonds is 5. The van der Waals surface area contributed by atoms with Gasteiger partial charge in [0.2, 0.25) is 0 Å². The molecule has 1 aliphatic rings. The lowest BCUT2D eigenvalue weighted by molar-refractivity contribution is -0.118. The van der Waals surface area contributed by atoms with Crippen LogP contribution >= 0.6 is 15.9 Å². The van der Waals surface area contributed by atoms with Gasteiger partial charge in [-0.2, -0.15) is 0 Å². The molecule has 0 aromatic heterocycles. The van der Waals surface area contributed by atoms with Crippen LogP contribution < -0.4 is 4.90 Å². The molecule has 2 aromatic rings. The van der Waals surface area contributed by atoms with Crippen LogP contribution in [0.2, 0.25) is 0 Å². The molecule has 1 unspecified atom stereocenters. The molecule has 134 valence electrons. The molecule has 0 radical (unpaired) electrons. The second kappa shape index (κ2) is 7.46. The van der Waals surface area contributed by atoms with Crippen molar-refractivity contribution in [3.8, 4) is 0 Å². The van der Waals surface area contributed by atoms with E-state index in [1.807, 2.05) is 56.3 Å². The van der Waals surface area contributed by atoms with Gasteiger partial charge < -0.3 is 5.11 Å². The molecule has 1 aliphatic heterocycles. The van der Waals surface area contributed by atoms with E-state index in [0.717, 1.165) is 10.0 Å². The van der Waals surface area contributed by atoms with Gasteiger partial charge in [0.05, 0.1) is 11.6 Å². The van der Waals surface area contributed by atoms with Crippen molar-refractivity contribution >= 4 is 33.3 Å². The number of hydrogen-bond acceptors (Lipinski definition) is 3. The van der Waals surface area contributed by atoms with Crippen LogP contribution in [0.15, 0.2) is 70.4 Å². The zero-order valence-electron chi connectivity index (χ0n) is 14.6. The monoisotopic (exact) mass is 413 g/mol. The SMILES string of the molecule is CC(C)CC(=O)C1=C(O)C(=O)N(c2ccccc2)C1c1ccc(Br)cc1. The molecule has 2 aromatic carbocycles. The number of benzene rings is 2. The van der Waals surface area contributed by atoms with Gasteiger partial charge in [0.1, 0.15) is 0 Å². The minimum atomic E-state index is -0.635. The van der Waals surface area contributed by atoms with Crippen molar-refractivity contribution in [2.75, 3.05) is 4.90 Å². The number of anilines is 1. The van der Waals surface area contributed by atoms with E-state index in [2.05, 4.69) is 15.9 Å². The summed E-state index contributed by atoms with van der Waals surface area (Å²) in [5.41, 5.74) is 1.60. The summed E-state index contributed by atoms with van der Waals surface area (Å²) < 4.78 is 0.903. The Morgan fingerprint density at radius 3 is 2.31 bits per heavy atom. The Morgan fingerprint density at radius 2 is 1.73 bits per heavy atom. The van der Waals surface area contributed by atoms with Crippen molar-refractivity contribution in [3.05, 3.63) is 76.0 Å². The quantitative estimate of drug-likeness (QED) is 0.752. The number of halogens is 1. The zero-order valence-corrected chi connectivity index (χ0v) is 16.2. The summed E-state index contributed by atoms with van der Waals surface area (Å²) in [6.07, 6.45) is 0.280. The van der Waals surface area contributed by atoms with Gasteiger partial charge in [0.25, 0.3) is 5.91 Å². The van der Waals surface area contributed by atoms with Gasteiger partial charge in [0, 0.05) is 16.6 Å². The molecule has 0 aliphatic carbocycles. The third-order valence-electron chi connectivity index (χ3n) is 4.32. The molecule has 0 fully saturated rings. The highest BCUT2D eigenvalue weighted by atomic mass is 79.9. The number of amides is 1. The molecule has 0 saturated carbocycles. The first-order valence-electron chi connectivity index (χ1n) is 8.50. The summed E-state index contributed by atoms with van der Waals surface area (Å²) in [6.45, 7) is 3.88. The fourth-order valence-electron chi connectivity index (χ4n) is 3.19. The molecule has 0 bridgehead atoms. The number of para-hydroxylation sites is 1. The highest BCUT2D eigenvalue weighted by molar-refractivity contribution is 9.10. The summed E-state index contributed by atoms with van der Waals surface area (Å²) in [7, 11) is 0. The molecule has 26 heavy (non-hydrogen) atoms. The molecule has 0 saturated heterocycles. The van der Waals surface area contributed by atoms with Crippen LogP contribution in [0.25, 0.3) is 0 Å². The minimum Gasteiger partial charge on any atom is -0.503 e. The first-order valence-corrected chi connectivity index (χ1v) is 9.30. The maximum absolute atomic E-state index is 12.8. The van der Waals surface area contributed by atoms with E-state index in [9.17, 15) is 14.7 Å². The maximum Gasteiger partial charge on any atom is 0.294 e. The minimum absolute atomic E-state index is 0.134. The van der Waals surface area contributed by atoms with E-state index in [0.29, 0.717) is 5.69 Å². The van der Waals surface area contributed by atoms with E-state index in [4.69, 9.17) is 0 Å². The summed E-state index contributed by atoms with van der Waals surface area (Å²) in [6, 6.07) is 15.9. The normalized spacial score (nSPS) is 17.3. The number of hydrogen-bond donors (Lipinski definition) is 1. The van der Waals surface area contributed by atoms with Gasteiger partial charge in [-0.25, -0.2) is 0 Å². The van der Waals surface area contributed by atoms with Crippen LogP contribution in [0.3, 0.4) is 0 Å². The Hall–Kier alpha value is -2.40. The average molecular weight is 414 g/mol. The molecule has 1 atom stereocenters. The number of carbonyl (C=O) groups excluding carboxylic acids is 2. The molecule has 1 heterocycles. The van der Waals surface area contributed by atoms with E-state index in [1.165, 1.54) is 4.90 Å². The number of aliphatic hydroxyl groups is 1. The van der Waals surface area contributed by atoms with Crippen molar-refractivity contribution in [1.29, 1.82) is 0 Å². The molecular weight excluding hydrogens is 394 g/mol.